The lowest BCUT2D eigenvalue weighted by Crippen LogP contribution is -2.23. The Morgan fingerprint density at radius 2 is 1.96 bits per heavy atom. The van der Waals surface area contributed by atoms with Crippen molar-refractivity contribution in [1.82, 2.24) is 20.2 Å². The number of benzene rings is 2. The summed E-state index contributed by atoms with van der Waals surface area (Å²) >= 11 is 1.25. The van der Waals surface area contributed by atoms with Crippen molar-refractivity contribution >= 4 is 23.4 Å². The van der Waals surface area contributed by atoms with Gasteiger partial charge in [0.05, 0.1) is 22.2 Å². The highest BCUT2D eigenvalue weighted by atomic mass is 32.2. The molecule has 7 nitrogen and oxygen atoms in total. The number of aryl methyl sites for hydroxylation is 1. The third-order valence-electron chi connectivity index (χ3n) is 3.68. The van der Waals surface area contributed by atoms with Crippen LogP contribution in [0.15, 0.2) is 53.7 Å². The quantitative estimate of drug-likeness (QED) is 0.699. The predicted molar refractivity (Wildman–Crippen MR) is 99.0 cm³/mol. The van der Waals surface area contributed by atoms with Gasteiger partial charge in [0.15, 0.2) is 0 Å². The molecule has 1 heterocycles. The van der Waals surface area contributed by atoms with E-state index >= 15 is 0 Å². The molecule has 1 N–H and O–H groups in total. The van der Waals surface area contributed by atoms with Crippen molar-refractivity contribution < 1.29 is 4.79 Å². The molecule has 0 aliphatic rings. The maximum absolute atomic E-state index is 12.5. The monoisotopic (exact) mass is 364 g/mol. The minimum Gasteiger partial charge on any atom is -0.324 e. The number of tetrazole rings is 1. The Kier molecular flexibility index (Phi) is 5.29. The second-order valence-corrected chi connectivity index (χ2v) is 6.92. The minimum absolute atomic E-state index is 0.226. The molecule has 3 rings (SSSR count). The molecular weight excluding hydrogens is 348 g/mol. The Morgan fingerprint density at radius 3 is 2.69 bits per heavy atom. The fourth-order valence-electron chi connectivity index (χ4n) is 2.24. The second-order valence-electron chi connectivity index (χ2n) is 5.62. The van der Waals surface area contributed by atoms with Crippen LogP contribution in [0.3, 0.4) is 0 Å². The van der Waals surface area contributed by atoms with Gasteiger partial charge >= 0.3 is 0 Å². The molecule has 0 saturated heterocycles. The molecule has 1 unspecified atom stereocenters. The van der Waals surface area contributed by atoms with Gasteiger partial charge in [-0.3, -0.25) is 4.79 Å². The normalized spacial score (nSPS) is 11.6. The van der Waals surface area contributed by atoms with E-state index in [-0.39, 0.29) is 5.91 Å². The van der Waals surface area contributed by atoms with E-state index < -0.39 is 5.25 Å². The molecule has 1 atom stereocenters. The number of carbonyl (C=O) groups is 1. The number of aromatic nitrogens is 4. The van der Waals surface area contributed by atoms with Gasteiger partial charge in [-0.05, 0) is 48.5 Å². The van der Waals surface area contributed by atoms with Crippen molar-refractivity contribution in [2.24, 2.45) is 0 Å². The molecule has 0 aliphatic carbocycles. The maximum atomic E-state index is 12.5. The first-order chi connectivity index (χ1) is 12.6. The van der Waals surface area contributed by atoms with Crippen molar-refractivity contribution in [2.45, 2.75) is 24.3 Å². The zero-order valence-electron chi connectivity index (χ0n) is 14.2. The van der Waals surface area contributed by atoms with Gasteiger partial charge in [-0.15, -0.1) is 5.10 Å². The molecule has 0 spiro atoms. The van der Waals surface area contributed by atoms with Gasteiger partial charge in [0.1, 0.15) is 6.07 Å². The van der Waals surface area contributed by atoms with Crippen LogP contribution in [-0.4, -0.2) is 31.4 Å². The first-order valence-electron chi connectivity index (χ1n) is 7.90. The highest BCUT2D eigenvalue weighted by molar-refractivity contribution is 8.00. The minimum atomic E-state index is -0.447. The maximum Gasteiger partial charge on any atom is 0.237 e. The number of hydrogen-bond donors (Lipinski definition) is 1. The smallest absolute Gasteiger partial charge is 0.237 e. The lowest BCUT2D eigenvalue weighted by molar-refractivity contribution is -0.115. The van der Waals surface area contributed by atoms with Crippen molar-refractivity contribution in [3.8, 4) is 11.8 Å². The van der Waals surface area contributed by atoms with E-state index in [1.807, 2.05) is 31.2 Å². The van der Waals surface area contributed by atoms with Gasteiger partial charge in [0.25, 0.3) is 0 Å². The van der Waals surface area contributed by atoms with E-state index in [0.717, 1.165) is 11.3 Å². The molecule has 0 fully saturated rings. The van der Waals surface area contributed by atoms with Crippen LogP contribution >= 0.6 is 11.8 Å². The molecular formula is C18H16N6OS. The molecule has 26 heavy (non-hydrogen) atoms. The Balaban J connectivity index is 1.73. The van der Waals surface area contributed by atoms with Crippen LogP contribution in [0, 0.1) is 18.3 Å². The van der Waals surface area contributed by atoms with Gasteiger partial charge in [-0.1, -0.05) is 41.6 Å². The average Bonchev–Trinajstić information content (AvgIpc) is 3.10. The number of anilines is 1. The Hall–Kier alpha value is -3.18. The third-order valence-corrected chi connectivity index (χ3v) is 4.71. The van der Waals surface area contributed by atoms with Crippen molar-refractivity contribution in [3.63, 3.8) is 0 Å². The number of amides is 1. The summed E-state index contributed by atoms with van der Waals surface area (Å²) in [6.45, 7) is 3.77. The number of rotatable bonds is 5. The van der Waals surface area contributed by atoms with Gasteiger partial charge in [-0.25, -0.2) is 0 Å². The third kappa shape index (κ3) is 3.90. The largest absolute Gasteiger partial charge is 0.324 e. The number of carbonyl (C=O) groups excluding carboxylic acids is 1. The van der Waals surface area contributed by atoms with Crippen LogP contribution in [0.25, 0.3) is 5.69 Å². The molecule has 1 aromatic heterocycles. The number of nitrogens with one attached hydrogen (secondary N) is 1. The van der Waals surface area contributed by atoms with E-state index in [1.54, 1.807) is 35.9 Å². The molecule has 3 aromatic rings. The topological polar surface area (TPSA) is 96.5 Å². The molecule has 0 saturated carbocycles. The fraction of sp³-hybridized carbons (Fsp3) is 0.167. The summed E-state index contributed by atoms with van der Waals surface area (Å²) in [5.41, 5.74) is 2.87. The lowest BCUT2D eigenvalue weighted by Gasteiger charge is -2.12. The van der Waals surface area contributed by atoms with Crippen LogP contribution in [0.4, 0.5) is 5.69 Å². The average molecular weight is 364 g/mol. The van der Waals surface area contributed by atoms with E-state index in [4.69, 9.17) is 5.26 Å². The first-order valence-corrected chi connectivity index (χ1v) is 8.78. The number of para-hydroxylation sites is 1. The van der Waals surface area contributed by atoms with E-state index in [2.05, 4.69) is 26.9 Å². The van der Waals surface area contributed by atoms with Crippen LogP contribution in [0.1, 0.15) is 18.1 Å². The summed E-state index contributed by atoms with van der Waals surface area (Å²) in [4.78, 5) is 12.5. The molecule has 130 valence electrons. The Bertz CT molecular complexity index is 960. The van der Waals surface area contributed by atoms with Gasteiger partial charge in [0.2, 0.25) is 11.1 Å². The SMILES string of the molecule is Cc1ccc(-n2nnnc2SC(C)C(=O)Nc2ccccc2C#N)cc1. The van der Waals surface area contributed by atoms with E-state index in [9.17, 15) is 4.79 Å². The summed E-state index contributed by atoms with van der Waals surface area (Å²) in [6.07, 6.45) is 0. The van der Waals surface area contributed by atoms with Gasteiger partial charge in [0, 0.05) is 0 Å². The van der Waals surface area contributed by atoms with Crippen LogP contribution in [0.5, 0.6) is 0 Å². The van der Waals surface area contributed by atoms with E-state index in [1.165, 1.54) is 11.8 Å². The van der Waals surface area contributed by atoms with Gasteiger partial charge < -0.3 is 5.32 Å². The molecule has 8 heteroatoms. The van der Waals surface area contributed by atoms with Crippen LogP contribution < -0.4 is 5.32 Å². The highest BCUT2D eigenvalue weighted by Gasteiger charge is 2.20. The fourth-order valence-corrected chi connectivity index (χ4v) is 3.04. The highest BCUT2D eigenvalue weighted by Crippen LogP contribution is 2.24. The summed E-state index contributed by atoms with van der Waals surface area (Å²) in [6, 6.07) is 16.7. The second kappa shape index (κ2) is 7.80. The summed E-state index contributed by atoms with van der Waals surface area (Å²) in [5, 5.41) is 23.7. The zero-order chi connectivity index (χ0) is 18.5. The summed E-state index contributed by atoms with van der Waals surface area (Å²) in [5.74, 6) is -0.226. The van der Waals surface area contributed by atoms with E-state index in [0.29, 0.717) is 16.4 Å². The van der Waals surface area contributed by atoms with Crippen LogP contribution in [0.2, 0.25) is 0 Å². The molecule has 0 radical (unpaired) electrons. The standard InChI is InChI=1S/C18H16N6OS/c1-12-7-9-15(10-8-12)24-18(21-22-23-24)26-13(2)17(25)20-16-6-4-3-5-14(16)11-19/h3-10,13H,1-2H3,(H,20,25). The van der Waals surface area contributed by atoms with Gasteiger partial charge in [-0.2, -0.15) is 9.94 Å². The predicted octanol–water partition coefficient (Wildman–Crippen LogP) is 2.96. The lowest BCUT2D eigenvalue weighted by atomic mass is 10.2. The number of thioether (sulfide) groups is 1. The number of nitrogens with zero attached hydrogens (tertiary/aromatic N) is 5. The Morgan fingerprint density at radius 1 is 1.23 bits per heavy atom. The molecule has 1 amide bonds. The van der Waals surface area contributed by atoms with Crippen LogP contribution in [-0.2, 0) is 4.79 Å². The number of hydrogen-bond acceptors (Lipinski definition) is 6. The zero-order valence-corrected chi connectivity index (χ0v) is 15.1. The first kappa shape index (κ1) is 17.6. The number of nitriles is 1. The molecule has 0 aliphatic heterocycles. The molecule has 0 bridgehead atoms. The summed E-state index contributed by atoms with van der Waals surface area (Å²) in [7, 11) is 0. The van der Waals surface area contributed by atoms with Crippen molar-refractivity contribution in [3.05, 3.63) is 59.7 Å². The molecule has 2 aromatic carbocycles. The Labute approximate surface area is 155 Å². The van der Waals surface area contributed by atoms with Crippen molar-refractivity contribution in [2.75, 3.05) is 5.32 Å². The van der Waals surface area contributed by atoms with Crippen molar-refractivity contribution in [1.29, 1.82) is 5.26 Å². The summed E-state index contributed by atoms with van der Waals surface area (Å²) < 4.78 is 1.59.